The van der Waals surface area contributed by atoms with E-state index in [1.807, 2.05) is 19.3 Å². The smallest absolute Gasteiger partial charge is 0.225 e. The monoisotopic (exact) mass is 250 g/mol. The van der Waals surface area contributed by atoms with E-state index < -0.39 is 0 Å². The summed E-state index contributed by atoms with van der Waals surface area (Å²) in [5, 5.41) is 0. The van der Waals surface area contributed by atoms with E-state index in [0.717, 1.165) is 44.0 Å². The van der Waals surface area contributed by atoms with E-state index in [4.69, 9.17) is 10.5 Å². The number of rotatable bonds is 4. The van der Waals surface area contributed by atoms with E-state index >= 15 is 0 Å². The molecule has 18 heavy (non-hydrogen) atoms. The first-order valence-electron chi connectivity index (χ1n) is 6.62. The molecule has 0 amide bonds. The molecule has 1 fully saturated rings. The quantitative estimate of drug-likeness (QED) is 0.863. The van der Waals surface area contributed by atoms with Gasteiger partial charge in [-0.15, -0.1) is 0 Å². The lowest BCUT2D eigenvalue weighted by Crippen LogP contribution is -2.43. The first kappa shape index (κ1) is 13.2. The van der Waals surface area contributed by atoms with Crippen LogP contribution in [0.5, 0.6) is 0 Å². The van der Waals surface area contributed by atoms with Crippen LogP contribution >= 0.6 is 0 Å². The van der Waals surface area contributed by atoms with Crippen molar-refractivity contribution in [3.05, 3.63) is 18.0 Å². The van der Waals surface area contributed by atoms with Crippen molar-refractivity contribution in [3.8, 4) is 0 Å². The van der Waals surface area contributed by atoms with Crippen LogP contribution in [-0.4, -0.2) is 41.8 Å². The second kappa shape index (κ2) is 6.11. The van der Waals surface area contributed by atoms with Crippen LogP contribution in [0.25, 0.3) is 0 Å². The predicted octanol–water partition coefficient (Wildman–Crippen LogP) is 0.981. The number of nitrogens with zero attached hydrogens (tertiary/aromatic N) is 3. The summed E-state index contributed by atoms with van der Waals surface area (Å²) in [4.78, 5) is 11.0. The van der Waals surface area contributed by atoms with Gasteiger partial charge in [-0.2, -0.15) is 0 Å². The lowest BCUT2D eigenvalue weighted by atomic mass is 10.1. The molecule has 2 atom stereocenters. The van der Waals surface area contributed by atoms with Crippen LogP contribution in [0.15, 0.2) is 12.4 Å². The highest BCUT2D eigenvalue weighted by molar-refractivity contribution is 5.30. The molecule has 2 heterocycles. The highest BCUT2D eigenvalue weighted by atomic mass is 16.5. The third kappa shape index (κ3) is 3.40. The van der Waals surface area contributed by atoms with Crippen LogP contribution in [0.3, 0.4) is 0 Å². The highest BCUT2D eigenvalue weighted by Gasteiger charge is 2.20. The van der Waals surface area contributed by atoms with Crippen molar-refractivity contribution in [1.29, 1.82) is 0 Å². The molecule has 0 aromatic carbocycles. The summed E-state index contributed by atoms with van der Waals surface area (Å²) in [6.45, 7) is 6.62. The molecule has 1 aromatic rings. The molecule has 1 aliphatic heterocycles. The third-order valence-electron chi connectivity index (χ3n) is 3.13. The van der Waals surface area contributed by atoms with E-state index in [2.05, 4.69) is 21.8 Å². The molecule has 0 radical (unpaired) electrons. The number of nitrogens with two attached hydrogens (primary N) is 1. The Morgan fingerprint density at radius 3 is 2.83 bits per heavy atom. The summed E-state index contributed by atoms with van der Waals surface area (Å²) in [5.41, 5.74) is 6.85. The number of aromatic nitrogens is 2. The Balaban J connectivity index is 2.00. The number of anilines is 1. The van der Waals surface area contributed by atoms with E-state index in [9.17, 15) is 0 Å². The van der Waals surface area contributed by atoms with Crippen molar-refractivity contribution in [1.82, 2.24) is 9.97 Å². The van der Waals surface area contributed by atoms with Crippen molar-refractivity contribution in [2.24, 2.45) is 5.73 Å². The summed E-state index contributed by atoms with van der Waals surface area (Å²) < 4.78 is 5.64. The summed E-state index contributed by atoms with van der Waals surface area (Å²) >= 11 is 0. The maximum absolute atomic E-state index is 5.76. The number of hydrogen-bond acceptors (Lipinski definition) is 5. The minimum Gasteiger partial charge on any atom is -0.375 e. The van der Waals surface area contributed by atoms with Gasteiger partial charge in [-0.1, -0.05) is 6.92 Å². The van der Waals surface area contributed by atoms with E-state index in [-0.39, 0.29) is 6.04 Å². The molecule has 2 rings (SSSR count). The Hall–Kier alpha value is -1.20. The second-order valence-electron chi connectivity index (χ2n) is 4.92. The van der Waals surface area contributed by atoms with Crippen molar-refractivity contribution in [2.45, 2.75) is 38.8 Å². The minimum atomic E-state index is 0.146. The molecule has 2 unspecified atom stereocenters. The topological polar surface area (TPSA) is 64.3 Å². The van der Waals surface area contributed by atoms with Crippen molar-refractivity contribution >= 4 is 5.95 Å². The Morgan fingerprint density at radius 2 is 2.22 bits per heavy atom. The molecule has 2 N–H and O–H groups in total. The largest absolute Gasteiger partial charge is 0.375 e. The third-order valence-corrected chi connectivity index (χ3v) is 3.13. The zero-order valence-electron chi connectivity index (χ0n) is 11.2. The fourth-order valence-corrected chi connectivity index (χ4v) is 2.14. The predicted molar refractivity (Wildman–Crippen MR) is 71.6 cm³/mol. The molecule has 100 valence electrons. The van der Waals surface area contributed by atoms with Crippen LogP contribution in [0, 0.1) is 0 Å². The average molecular weight is 250 g/mol. The first-order valence-corrected chi connectivity index (χ1v) is 6.62. The van der Waals surface area contributed by atoms with Gasteiger partial charge in [0, 0.05) is 31.5 Å². The van der Waals surface area contributed by atoms with Crippen LogP contribution in [0.4, 0.5) is 5.95 Å². The summed E-state index contributed by atoms with van der Waals surface area (Å²) in [5.74, 6) is 0.796. The molecule has 1 aliphatic rings. The van der Waals surface area contributed by atoms with Gasteiger partial charge in [0.1, 0.15) is 0 Å². The molecule has 0 saturated carbocycles. The maximum Gasteiger partial charge on any atom is 0.225 e. The molecule has 5 heteroatoms. The number of morpholine rings is 1. The fourth-order valence-electron chi connectivity index (χ4n) is 2.14. The lowest BCUT2D eigenvalue weighted by molar-refractivity contribution is 0.0379. The first-order chi connectivity index (χ1) is 8.69. The normalized spacial score (nSPS) is 21.9. The van der Waals surface area contributed by atoms with E-state index in [1.54, 1.807) is 0 Å². The average Bonchev–Trinajstić information content (AvgIpc) is 2.39. The van der Waals surface area contributed by atoms with Crippen LogP contribution in [-0.2, 0) is 11.2 Å². The standard InChI is InChI=1S/C13H22N4O/c1-3-12-9-17(4-5-18-12)13-15-7-11(8-16-13)6-10(2)14/h7-8,10,12H,3-6,9,14H2,1-2H3. The van der Waals surface area contributed by atoms with Gasteiger partial charge in [-0.25, -0.2) is 9.97 Å². The van der Waals surface area contributed by atoms with Gasteiger partial charge < -0.3 is 15.4 Å². The van der Waals surface area contributed by atoms with Crippen molar-refractivity contribution in [2.75, 3.05) is 24.6 Å². The summed E-state index contributed by atoms with van der Waals surface area (Å²) in [6.07, 6.45) is 5.90. The van der Waals surface area contributed by atoms with Gasteiger partial charge in [0.2, 0.25) is 5.95 Å². The van der Waals surface area contributed by atoms with Gasteiger partial charge in [-0.3, -0.25) is 0 Å². The van der Waals surface area contributed by atoms with Crippen LogP contribution in [0.1, 0.15) is 25.8 Å². The minimum absolute atomic E-state index is 0.146. The Bertz CT molecular complexity index is 366. The van der Waals surface area contributed by atoms with Crippen LogP contribution < -0.4 is 10.6 Å². The van der Waals surface area contributed by atoms with E-state index in [1.165, 1.54) is 0 Å². The Morgan fingerprint density at radius 1 is 1.50 bits per heavy atom. The van der Waals surface area contributed by atoms with Gasteiger partial charge >= 0.3 is 0 Å². The zero-order valence-corrected chi connectivity index (χ0v) is 11.2. The molecule has 5 nitrogen and oxygen atoms in total. The number of hydrogen-bond donors (Lipinski definition) is 1. The molecular weight excluding hydrogens is 228 g/mol. The zero-order chi connectivity index (χ0) is 13.0. The molecule has 1 saturated heterocycles. The van der Waals surface area contributed by atoms with Gasteiger partial charge in [0.25, 0.3) is 0 Å². The lowest BCUT2D eigenvalue weighted by Gasteiger charge is -2.32. The molecule has 0 bridgehead atoms. The molecular formula is C13H22N4O. The van der Waals surface area contributed by atoms with Crippen LogP contribution in [0.2, 0.25) is 0 Å². The fraction of sp³-hybridized carbons (Fsp3) is 0.692. The SMILES string of the molecule is CCC1CN(c2ncc(CC(C)N)cn2)CCO1. The Labute approximate surface area is 108 Å². The molecule has 1 aromatic heterocycles. The Kier molecular flexibility index (Phi) is 4.49. The van der Waals surface area contributed by atoms with Crippen molar-refractivity contribution in [3.63, 3.8) is 0 Å². The van der Waals surface area contributed by atoms with Crippen molar-refractivity contribution < 1.29 is 4.74 Å². The molecule has 0 aliphatic carbocycles. The molecule has 0 spiro atoms. The van der Waals surface area contributed by atoms with Gasteiger partial charge in [0.15, 0.2) is 0 Å². The highest BCUT2D eigenvalue weighted by Crippen LogP contribution is 2.14. The van der Waals surface area contributed by atoms with E-state index in [0.29, 0.717) is 6.10 Å². The van der Waals surface area contributed by atoms with Gasteiger partial charge in [0.05, 0.1) is 12.7 Å². The van der Waals surface area contributed by atoms with Gasteiger partial charge in [-0.05, 0) is 25.3 Å². The summed E-state index contributed by atoms with van der Waals surface area (Å²) in [7, 11) is 0. The number of ether oxygens (including phenoxy) is 1. The second-order valence-corrected chi connectivity index (χ2v) is 4.92. The maximum atomic E-state index is 5.76. The summed E-state index contributed by atoms with van der Waals surface area (Å²) in [6, 6.07) is 0.146.